The summed E-state index contributed by atoms with van der Waals surface area (Å²) < 4.78 is 1.42. The minimum atomic E-state index is -1.10. The number of carbonyl (C=O) groups excluding carboxylic acids is 1. The molecule has 0 bridgehead atoms. The number of nitrogens with one attached hydrogen (secondary N) is 1. The van der Waals surface area contributed by atoms with Crippen molar-refractivity contribution >= 4 is 11.9 Å². The molecule has 1 aromatic rings. The number of aromatic carboxylic acids is 1. The molecule has 1 heterocycles. The van der Waals surface area contributed by atoms with Crippen LogP contribution in [0.2, 0.25) is 0 Å². The molecule has 1 aromatic heterocycles. The van der Waals surface area contributed by atoms with E-state index < -0.39 is 5.97 Å². The first-order valence-electron chi connectivity index (χ1n) is 4.72. The molecule has 8 heteroatoms. The van der Waals surface area contributed by atoms with Crippen molar-refractivity contribution in [2.45, 2.75) is 13.0 Å². The Morgan fingerprint density at radius 3 is 2.81 bits per heavy atom. The number of amides is 1. The second-order valence-electron chi connectivity index (χ2n) is 3.14. The predicted molar refractivity (Wildman–Crippen MR) is 53.7 cm³/mol. The predicted octanol–water partition coefficient (Wildman–Crippen LogP) is -1.56. The summed E-state index contributed by atoms with van der Waals surface area (Å²) in [6.07, 6.45) is 1.62. The molecule has 0 aliphatic carbocycles. The Kier molecular flexibility index (Phi) is 4.40. The molecule has 0 unspecified atom stereocenters. The molecular weight excluding hydrogens is 214 g/mol. The molecule has 0 radical (unpaired) electrons. The average molecular weight is 227 g/mol. The van der Waals surface area contributed by atoms with Crippen LogP contribution in [0.5, 0.6) is 0 Å². The molecule has 0 atom stereocenters. The zero-order chi connectivity index (χ0) is 12.0. The summed E-state index contributed by atoms with van der Waals surface area (Å²) in [5.74, 6) is -1.46. The van der Waals surface area contributed by atoms with Gasteiger partial charge in [0.1, 0.15) is 0 Å². The fraction of sp³-hybridized carbons (Fsp3) is 0.500. The van der Waals surface area contributed by atoms with Crippen LogP contribution in [0.3, 0.4) is 0 Å². The van der Waals surface area contributed by atoms with E-state index in [1.165, 1.54) is 10.9 Å². The number of rotatable bonds is 7. The molecule has 0 spiro atoms. The maximum Gasteiger partial charge on any atom is 0.358 e. The van der Waals surface area contributed by atoms with Gasteiger partial charge in [0.25, 0.3) is 0 Å². The fourth-order valence-corrected chi connectivity index (χ4v) is 1.04. The van der Waals surface area contributed by atoms with Gasteiger partial charge < -0.3 is 16.2 Å². The monoisotopic (exact) mass is 227 g/mol. The zero-order valence-electron chi connectivity index (χ0n) is 8.59. The number of carbonyl (C=O) groups is 2. The summed E-state index contributed by atoms with van der Waals surface area (Å²) >= 11 is 0. The number of nitrogens with two attached hydrogens (primary N) is 1. The van der Waals surface area contributed by atoms with Gasteiger partial charge in [0.15, 0.2) is 5.69 Å². The molecule has 8 nitrogen and oxygen atoms in total. The number of carboxylic acid groups (broad SMARTS) is 1. The van der Waals surface area contributed by atoms with Crippen molar-refractivity contribution in [2.24, 2.45) is 5.73 Å². The first kappa shape index (κ1) is 12.1. The van der Waals surface area contributed by atoms with E-state index in [4.69, 9.17) is 10.8 Å². The Morgan fingerprint density at radius 1 is 1.50 bits per heavy atom. The lowest BCUT2D eigenvalue weighted by atomic mass is 10.4. The van der Waals surface area contributed by atoms with Gasteiger partial charge in [-0.3, -0.25) is 9.48 Å². The standard InChI is InChI=1S/C8H13N5O3/c9-7(14)1-2-10-3-4-13-5-6(8(15)16)11-12-13/h5,10H,1-4H2,(H2,9,14)(H,15,16). The molecule has 4 N–H and O–H groups in total. The van der Waals surface area contributed by atoms with Crippen LogP contribution in [0.25, 0.3) is 0 Å². The van der Waals surface area contributed by atoms with Crippen LogP contribution in [0.1, 0.15) is 16.9 Å². The summed E-state index contributed by atoms with van der Waals surface area (Å²) in [5.41, 5.74) is 4.86. The molecule has 88 valence electrons. The molecule has 1 rings (SSSR count). The van der Waals surface area contributed by atoms with Gasteiger partial charge in [0.2, 0.25) is 5.91 Å². The number of hydrogen-bond acceptors (Lipinski definition) is 5. The molecule has 0 saturated carbocycles. The van der Waals surface area contributed by atoms with Crippen molar-refractivity contribution in [3.63, 3.8) is 0 Å². The normalized spacial score (nSPS) is 10.2. The van der Waals surface area contributed by atoms with Gasteiger partial charge in [-0.15, -0.1) is 5.10 Å². The topological polar surface area (TPSA) is 123 Å². The van der Waals surface area contributed by atoms with Gasteiger partial charge in [-0.1, -0.05) is 5.21 Å². The second-order valence-corrected chi connectivity index (χ2v) is 3.14. The van der Waals surface area contributed by atoms with E-state index >= 15 is 0 Å². The molecule has 0 aliphatic heterocycles. The Balaban J connectivity index is 2.21. The fourth-order valence-electron chi connectivity index (χ4n) is 1.04. The van der Waals surface area contributed by atoms with Crippen molar-refractivity contribution < 1.29 is 14.7 Å². The molecule has 0 fully saturated rings. The van der Waals surface area contributed by atoms with Gasteiger partial charge in [0, 0.05) is 19.5 Å². The van der Waals surface area contributed by atoms with E-state index in [0.717, 1.165) is 0 Å². The first-order chi connectivity index (χ1) is 7.59. The van der Waals surface area contributed by atoms with Crippen LogP contribution in [-0.4, -0.2) is 45.1 Å². The van der Waals surface area contributed by atoms with Gasteiger partial charge >= 0.3 is 5.97 Å². The van der Waals surface area contributed by atoms with Crippen LogP contribution in [0, 0.1) is 0 Å². The molecule has 0 aliphatic rings. The maximum atomic E-state index is 10.5. The maximum absolute atomic E-state index is 10.5. The third-order valence-electron chi connectivity index (χ3n) is 1.82. The summed E-state index contributed by atoms with van der Waals surface area (Å²) in [5, 5.41) is 18.6. The van der Waals surface area contributed by atoms with Crippen LogP contribution in [-0.2, 0) is 11.3 Å². The minimum absolute atomic E-state index is 0.0860. The van der Waals surface area contributed by atoms with E-state index in [9.17, 15) is 9.59 Å². The third-order valence-corrected chi connectivity index (χ3v) is 1.82. The summed E-state index contributed by atoms with van der Waals surface area (Å²) in [4.78, 5) is 20.9. The highest BCUT2D eigenvalue weighted by Crippen LogP contribution is 1.91. The Morgan fingerprint density at radius 2 is 2.25 bits per heavy atom. The first-order valence-corrected chi connectivity index (χ1v) is 4.72. The minimum Gasteiger partial charge on any atom is -0.476 e. The number of carboxylic acids is 1. The number of primary amides is 1. The lowest BCUT2D eigenvalue weighted by Gasteiger charge is -2.02. The zero-order valence-corrected chi connectivity index (χ0v) is 8.59. The summed E-state index contributed by atoms with van der Waals surface area (Å²) in [6.45, 7) is 1.55. The highest BCUT2D eigenvalue weighted by Gasteiger charge is 2.07. The van der Waals surface area contributed by atoms with Crippen LogP contribution in [0.4, 0.5) is 0 Å². The smallest absolute Gasteiger partial charge is 0.358 e. The molecule has 0 saturated heterocycles. The second kappa shape index (κ2) is 5.81. The van der Waals surface area contributed by atoms with Crippen LogP contribution >= 0.6 is 0 Å². The summed E-state index contributed by atoms with van der Waals surface area (Å²) in [6, 6.07) is 0. The van der Waals surface area contributed by atoms with E-state index in [1.807, 2.05) is 0 Å². The number of aromatic nitrogens is 3. The van der Waals surface area contributed by atoms with Gasteiger partial charge in [-0.2, -0.15) is 0 Å². The Hall–Kier alpha value is -1.96. The van der Waals surface area contributed by atoms with E-state index in [0.29, 0.717) is 19.6 Å². The van der Waals surface area contributed by atoms with E-state index in [1.54, 1.807) is 0 Å². The Labute approximate surface area is 91.4 Å². The van der Waals surface area contributed by atoms with Crippen molar-refractivity contribution in [1.29, 1.82) is 0 Å². The highest BCUT2D eigenvalue weighted by molar-refractivity contribution is 5.84. The third kappa shape index (κ3) is 4.05. The molecule has 16 heavy (non-hydrogen) atoms. The van der Waals surface area contributed by atoms with Crippen molar-refractivity contribution in [2.75, 3.05) is 13.1 Å². The molecule has 1 amide bonds. The molecule has 0 aromatic carbocycles. The van der Waals surface area contributed by atoms with Crippen molar-refractivity contribution in [3.05, 3.63) is 11.9 Å². The largest absolute Gasteiger partial charge is 0.476 e. The van der Waals surface area contributed by atoms with Crippen LogP contribution in [0.15, 0.2) is 6.20 Å². The molecular formula is C8H13N5O3. The van der Waals surface area contributed by atoms with Crippen molar-refractivity contribution in [1.82, 2.24) is 20.3 Å². The van der Waals surface area contributed by atoms with Gasteiger partial charge in [-0.05, 0) is 0 Å². The van der Waals surface area contributed by atoms with Crippen molar-refractivity contribution in [3.8, 4) is 0 Å². The highest BCUT2D eigenvalue weighted by atomic mass is 16.4. The number of nitrogens with zero attached hydrogens (tertiary/aromatic N) is 3. The van der Waals surface area contributed by atoms with Crippen LogP contribution < -0.4 is 11.1 Å². The SMILES string of the molecule is NC(=O)CCNCCn1cc(C(=O)O)nn1. The lowest BCUT2D eigenvalue weighted by Crippen LogP contribution is -2.25. The average Bonchev–Trinajstić information content (AvgIpc) is 2.65. The number of hydrogen-bond donors (Lipinski definition) is 3. The Bertz CT molecular complexity index is 376. The quantitative estimate of drug-likeness (QED) is 0.484. The van der Waals surface area contributed by atoms with E-state index in [-0.39, 0.29) is 18.0 Å². The van der Waals surface area contributed by atoms with Gasteiger partial charge in [-0.25, -0.2) is 4.79 Å². The van der Waals surface area contributed by atoms with E-state index in [2.05, 4.69) is 15.6 Å². The lowest BCUT2D eigenvalue weighted by molar-refractivity contribution is -0.117. The summed E-state index contributed by atoms with van der Waals surface area (Å²) in [7, 11) is 0. The van der Waals surface area contributed by atoms with Gasteiger partial charge in [0.05, 0.1) is 12.7 Å².